The Bertz CT molecular complexity index is 726. The van der Waals surface area contributed by atoms with Gasteiger partial charge in [0, 0.05) is 54.1 Å². The van der Waals surface area contributed by atoms with Crippen molar-refractivity contribution in [1.82, 2.24) is 9.80 Å². The van der Waals surface area contributed by atoms with E-state index in [4.69, 9.17) is 16.3 Å². The van der Waals surface area contributed by atoms with Crippen molar-refractivity contribution in [2.24, 2.45) is 0 Å². The zero-order valence-electron chi connectivity index (χ0n) is 15.1. The van der Waals surface area contributed by atoms with Crippen LogP contribution in [0.2, 0.25) is 5.02 Å². The Kier molecular flexibility index (Phi) is 7.08. The van der Waals surface area contributed by atoms with Gasteiger partial charge in [0.25, 0.3) is 0 Å². The number of thiophene rings is 1. The third-order valence-corrected chi connectivity index (χ3v) is 5.89. The van der Waals surface area contributed by atoms with Gasteiger partial charge >= 0.3 is 0 Å². The van der Waals surface area contributed by atoms with Crippen molar-refractivity contribution < 1.29 is 9.53 Å². The Morgan fingerprint density at radius 1 is 1.19 bits per heavy atom. The molecule has 1 aliphatic rings. The quantitative estimate of drug-likeness (QED) is 0.664. The fourth-order valence-corrected chi connectivity index (χ4v) is 4.33. The molecule has 0 bridgehead atoms. The summed E-state index contributed by atoms with van der Waals surface area (Å²) in [7, 11) is 0. The molecule has 2 aromatic rings. The fourth-order valence-electron chi connectivity index (χ4n) is 3.10. The van der Waals surface area contributed by atoms with Gasteiger partial charge in [-0.15, -0.1) is 11.3 Å². The third-order valence-electron chi connectivity index (χ3n) is 4.54. The monoisotopic (exact) mass is 392 g/mol. The maximum atomic E-state index is 12.1. The van der Waals surface area contributed by atoms with Gasteiger partial charge in [-0.3, -0.25) is 9.69 Å². The van der Waals surface area contributed by atoms with Crippen molar-refractivity contribution >= 4 is 28.8 Å². The SMILES string of the molecule is CCOCCC(=O)N1CCN(Cc2ccc(-c3cccc(Cl)c3)s2)CC1. The molecule has 3 rings (SSSR count). The maximum Gasteiger partial charge on any atom is 0.224 e. The van der Waals surface area contributed by atoms with Gasteiger partial charge in [0.2, 0.25) is 5.91 Å². The summed E-state index contributed by atoms with van der Waals surface area (Å²) in [5, 5.41) is 0.766. The second kappa shape index (κ2) is 9.51. The van der Waals surface area contributed by atoms with Crippen LogP contribution >= 0.6 is 22.9 Å². The van der Waals surface area contributed by atoms with Crippen LogP contribution in [-0.4, -0.2) is 55.1 Å². The van der Waals surface area contributed by atoms with Crippen LogP contribution in [0.5, 0.6) is 0 Å². The lowest BCUT2D eigenvalue weighted by atomic mass is 10.2. The van der Waals surface area contributed by atoms with Crippen LogP contribution in [-0.2, 0) is 16.1 Å². The molecule has 6 heteroatoms. The molecule has 1 aromatic heterocycles. The number of carbonyl (C=O) groups is 1. The van der Waals surface area contributed by atoms with Gasteiger partial charge in [0.05, 0.1) is 13.0 Å². The predicted octanol–water partition coefficient (Wildman–Crippen LogP) is 4.14. The Morgan fingerprint density at radius 2 is 2.00 bits per heavy atom. The van der Waals surface area contributed by atoms with Crippen LogP contribution in [0.1, 0.15) is 18.2 Å². The van der Waals surface area contributed by atoms with Crippen LogP contribution in [0.25, 0.3) is 10.4 Å². The highest BCUT2D eigenvalue weighted by Crippen LogP contribution is 2.30. The summed E-state index contributed by atoms with van der Waals surface area (Å²) >= 11 is 7.90. The van der Waals surface area contributed by atoms with Crippen molar-refractivity contribution in [3.05, 3.63) is 46.3 Å². The zero-order chi connectivity index (χ0) is 18.4. The molecule has 0 aliphatic carbocycles. The molecule has 1 amide bonds. The molecule has 1 aromatic carbocycles. The Labute approximate surface area is 164 Å². The van der Waals surface area contributed by atoms with E-state index in [1.165, 1.54) is 15.3 Å². The standard InChI is InChI=1S/C20H25ClN2O2S/c1-2-25-13-8-20(24)23-11-9-22(10-12-23)15-18-6-7-19(26-18)16-4-3-5-17(21)14-16/h3-7,14H,2,8-13,15H2,1H3. The van der Waals surface area contributed by atoms with Gasteiger partial charge in [-0.25, -0.2) is 0 Å². The molecule has 0 radical (unpaired) electrons. The summed E-state index contributed by atoms with van der Waals surface area (Å²) in [5.74, 6) is 0.206. The first-order chi connectivity index (χ1) is 12.7. The van der Waals surface area contributed by atoms with Crippen LogP contribution in [0.3, 0.4) is 0 Å². The first kappa shape index (κ1) is 19.4. The Balaban J connectivity index is 1.48. The van der Waals surface area contributed by atoms with Gasteiger partial charge in [-0.2, -0.15) is 0 Å². The van der Waals surface area contributed by atoms with E-state index >= 15 is 0 Å². The first-order valence-electron chi connectivity index (χ1n) is 9.08. The minimum atomic E-state index is 0.206. The molecule has 0 unspecified atom stereocenters. The summed E-state index contributed by atoms with van der Waals surface area (Å²) in [4.78, 5) is 19.1. The second-order valence-corrected chi connectivity index (χ2v) is 7.98. The number of benzene rings is 1. The van der Waals surface area contributed by atoms with Crippen molar-refractivity contribution in [3.63, 3.8) is 0 Å². The highest BCUT2D eigenvalue weighted by Gasteiger charge is 2.21. The first-order valence-corrected chi connectivity index (χ1v) is 10.3. The molecular formula is C20H25ClN2O2S. The smallest absolute Gasteiger partial charge is 0.224 e. The predicted molar refractivity (Wildman–Crippen MR) is 108 cm³/mol. The van der Waals surface area contributed by atoms with E-state index in [2.05, 4.69) is 23.1 Å². The summed E-state index contributed by atoms with van der Waals surface area (Å²) in [5.41, 5.74) is 1.17. The maximum absolute atomic E-state index is 12.1. The number of halogens is 1. The lowest BCUT2D eigenvalue weighted by Gasteiger charge is -2.34. The number of nitrogens with zero attached hydrogens (tertiary/aromatic N) is 2. The normalized spacial score (nSPS) is 15.4. The van der Waals surface area contributed by atoms with Crippen LogP contribution in [0, 0.1) is 0 Å². The van der Waals surface area contributed by atoms with Crippen LogP contribution < -0.4 is 0 Å². The van der Waals surface area contributed by atoms with Gasteiger partial charge in [-0.1, -0.05) is 23.7 Å². The van der Waals surface area contributed by atoms with Crippen molar-refractivity contribution in [1.29, 1.82) is 0 Å². The molecular weight excluding hydrogens is 368 g/mol. The van der Waals surface area contributed by atoms with E-state index < -0.39 is 0 Å². The van der Waals surface area contributed by atoms with Crippen molar-refractivity contribution in [3.8, 4) is 10.4 Å². The molecule has 1 fully saturated rings. The van der Waals surface area contributed by atoms with E-state index in [1.54, 1.807) is 0 Å². The zero-order valence-corrected chi connectivity index (χ0v) is 16.7. The Morgan fingerprint density at radius 3 is 2.73 bits per heavy atom. The average molecular weight is 393 g/mol. The topological polar surface area (TPSA) is 32.8 Å². The van der Waals surface area contributed by atoms with Crippen molar-refractivity contribution in [2.75, 3.05) is 39.4 Å². The van der Waals surface area contributed by atoms with E-state index in [9.17, 15) is 4.79 Å². The molecule has 1 saturated heterocycles. The van der Waals surface area contributed by atoms with E-state index in [0.717, 1.165) is 37.7 Å². The minimum absolute atomic E-state index is 0.206. The summed E-state index contributed by atoms with van der Waals surface area (Å²) < 4.78 is 5.28. The number of piperazine rings is 1. The van der Waals surface area contributed by atoms with E-state index in [-0.39, 0.29) is 5.91 Å². The molecule has 0 N–H and O–H groups in total. The van der Waals surface area contributed by atoms with Gasteiger partial charge < -0.3 is 9.64 Å². The lowest BCUT2D eigenvalue weighted by Crippen LogP contribution is -2.48. The van der Waals surface area contributed by atoms with Crippen LogP contribution in [0.15, 0.2) is 36.4 Å². The van der Waals surface area contributed by atoms with E-state index in [0.29, 0.717) is 19.6 Å². The third kappa shape index (κ3) is 5.30. The summed E-state index contributed by atoms with van der Waals surface area (Å²) in [6, 6.07) is 12.3. The molecule has 4 nitrogen and oxygen atoms in total. The molecule has 0 atom stereocenters. The number of hydrogen-bond acceptors (Lipinski definition) is 4. The average Bonchev–Trinajstić information content (AvgIpc) is 3.11. The highest BCUT2D eigenvalue weighted by atomic mass is 35.5. The van der Waals surface area contributed by atoms with Gasteiger partial charge in [0.15, 0.2) is 0 Å². The molecule has 0 spiro atoms. The fraction of sp³-hybridized carbons (Fsp3) is 0.450. The molecule has 26 heavy (non-hydrogen) atoms. The second-order valence-electron chi connectivity index (χ2n) is 6.38. The number of carbonyl (C=O) groups excluding carboxylic acids is 1. The lowest BCUT2D eigenvalue weighted by molar-refractivity contribution is -0.134. The van der Waals surface area contributed by atoms with Gasteiger partial charge in [0.1, 0.15) is 0 Å². The summed E-state index contributed by atoms with van der Waals surface area (Å²) in [6.07, 6.45) is 0.488. The minimum Gasteiger partial charge on any atom is -0.381 e. The molecule has 1 aliphatic heterocycles. The molecule has 0 saturated carbocycles. The largest absolute Gasteiger partial charge is 0.381 e. The number of hydrogen-bond donors (Lipinski definition) is 0. The summed E-state index contributed by atoms with van der Waals surface area (Å²) in [6.45, 7) is 7.53. The highest BCUT2D eigenvalue weighted by molar-refractivity contribution is 7.15. The number of amides is 1. The molecule has 140 valence electrons. The molecule has 2 heterocycles. The van der Waals surface area contributed by atoms with Gasteiger partial charge in [-0.05, 0) is 36.8 Å². The van der Waals surface area contributed by atoms with Crippen LogP contribution in [0.4, 0.5) is 0 Å². The number of ether oxygens (including phenoxy) is 1. The Hall–Kier alpha value is -1.40. The van der Waals surface area contributed by atoms with Crippen molar-refractivity contribution in [2.45, 2.75) is 19.9 Å². The van der Waals surface area contributed by atoms with E-state index in [1.807, 2.05) is 41.4 Å². The number of rotatable bonds is 7.